The third-order valence-corrected chi connectivity index (χ3v) is 2.12. The van der Waals surface area contributed by atoms with Gasteiger partial charge in [0.2, 0.25) is 0 Å². The summed E-state index contributed by atoms with van der Waals surface area (Å²) in [6.45, 7) is 0.133. The van der Waals surface area contributed by atoms with Gasteiger partial charge in [-0.3, -0.25) is 4.57 Å². The Kier molecular flexibility index (Phi) is 3.66. The molecule has 14 heavy (non-hydrogen) atoms. The lowest BCUT2D eigenvalue weighted by Crippen LogP contribution is -2.08. The first kappa shape index (κ1) is 11.2. The Morgan fingerprint density at radius 2 is 1.86 bits per heavy atom. The summed E-state index contributed by atoms with van der Waals surface area (Å²) in [4.78, 5) is 0. The van der Waals surface area contributed by atoms with Crippen molar-refractivity contribution in [3.8, 4) is 5.75 Å². The molecule has 0 unspecified atom stereocenters. The van der Waals surface area contributed by atoms with Gasteiger partial charge in [-0.05, 0) is 17.7 Å². The SMILES string of the molecule is COc1ccc(COP(N)(N)=O)cc1. The Hall–Kier alpha value is -0.870. The molecule has 78 valence electrons. The molecule has 1 aromatic carbocycles. The second-order valence-corrected chi connectivity index (χ2v) is 4.32. The van der Waals surface area contributed by atoms with Crippen molar-refractivity contribution in [1.29, 1.82) is 0 Å². The highest BCUT2D eigenvalue weighted by atomic mass is 31.2. The number of rotatable bonds is 4. The average Bonchev–Trinajstić information content (AvgIpc) is 2.14. The van der Waals surface area contributed by atoms with Crippen LogP contribution in [-0.4, -0.2) is 7.11 Å². The van der Waals surface area contributed by atoms with Gasteiger partial charge >= 0.3 is 7.67 Å². The first-order valence-corrected chi connectivity index (χ1v) is 5.72. The minimum Gasteiger partial charge on any atom is -0.497 e. The molecule has 6 heteroatoms. The molecule has 0 heterocycles. The van der Waals surface area contributed by atoms with Crippen LogP contribution in [0.5, 0.6) is 5.75 Å². The van der Waals surface area contributed by atoms with Crippen LogP contribution in [0.15, 0.2) is 24.3 Å². The van der Waals surface area contributed by atoms with Gasteiger partial charge in [0.25, 0.3) is 0 Å². The molecular weight excluding hydrogens is 203 g/mol. The van der Waals surface area contributed by atoms with Gasteiger partial charge in [0, 0.05) is 0 Å². The van der Waals surface area contributed by atoms with Gasteiger partial charge in [-0.15, -0.1) is 0 Å². The van der Waals surface area contributed by atoms with E-state index in [0.717, 1.165) is 11.3 Å². The fourth-order valence-electron chi connectivity index (χ4n) is 0.897. The summed E-state index contributed by atoms with van der Waals surface area (Å²) in [6.07, 6.45) is 0. The molecule has 0 amide bonds. The lowest BCUT2D eigenvalue weighted by Gasteiger charge is -2.07. The molecule has 0 atom stereocenters. The quantitative estimate of drug-likeness (QED) is 0.739. The summed E-state index contributed by atoms with van der Waals surface area (Å²) < 4.78 is 20.5. The number of nitrogens with two attached hydrogens (primary N) is 2. The second-order valence-electron chi connectivity index (χ2n) is 2.77. The largest absolute Gasteiger partial charge is 0.497 e. The van der Waals surface area contributed by atoms with E-state index in [1.165, 1.54) is 0 Å². The molecule has 0 bridgehead atoms. The molecule has 0 aliphatic heterocycles. The van der Waals surface area contributed by atoms with E-state index in [1.54, 1.807) is 31.4 Å². The van der Waals surface area contributed by atoms with Crippen LogP contribution >= 0.6 is 7.67 Å². The zero-order valence-electron chi connectivity index (χ0n) is 7.84. The predicted octanol–water partition coefficient (Wildman–Crippen LogP) is 1.24. The van der Waals surface area contributed by atoms with Crippen molar-refractivity contribution in [1.82, 2.24) is 0 Å². The van der Waals surface area contributed by atoms with E-state index in [9.17, 15) is 4.57 Å². The Balaban J connectivity index is 2.56. The van der Waals surface area contributed by atoms with E-state index >= 15 is 0 Å². The van der Waals surface area contributed by atoms with Gasteiger partial charge in [-0.25, -0.2) is 11.0 Å². The van der Waals surface area contributed by atoms with Crippen LogP contribution < -0.4 is 15.7 Å². The van der Waals surface area contributed by atoms with Crippen molar-refractivity contribution >= 4 is 7.67 Å². The Morgan fingerprint density at radius 1 is 1.29 bits per heavy atom. The van der Waals surface area contributed by atoms with Gasteiger partial charge in [0.1, 0.15) is 5.75 Å². The summed E-state index contributed by atoms with van der Waals surface area (Å²) >= 11 is 0. The third-order valence-electron chi connectivity index (χ3n) is 1.59. The molecule has 0 saturated heterocycles. The van der Waals surface area contributed by atoms with E-state index in [2.05, 4.69) is 0 Å². The summed E-state index contributed by atoms with van der Waals surface area (Å²) in [6, 6.07) is 7.12. The smallest absolute Gasteiger partial charge is 0.335 e. The zero-order valence-corrected chi connectivity index (χ0v) is 8.74. The molecule has 0 fully saturated rings. The van der Waals surface area contributed by atoms with Gasteiger partial charge in [-0.2, -0.15) is 0 Å². The molecule has 5 nitrogen and oxygen atoms in total. The standard InChI is InChI=1S/C8H13N2O3P/c1-12-8-4-2-7(3-5-8)6-13-14(9,10)11/h2-5H,6H2,1H3,(H4,9,10,11). The molecule has 4 N–H and O–H groups in total. The van der Waals surface area contributed by atoms with Crippen molar-refractivity contribution in [2.24, 2.45) is 11.0 Å². The maximum atomic E-state index is 10.8. The first-order valence-electron chi connectivity index (χ1n) is 3.96. The maximum absolute atomic E-state index is 10.8. The summed E-state index contributed by atoms with van der Waals surface area (Å²) in [5.41, 5.74) is 10.9. The molecule has 0 radical (unpaired) electrons. The summed E-state index contributed by atoms with van der Waals surface area (Å²) in [7, 11) is -1.80. The van der Waals surface area contributed by atoms with Crippen LogP contribution in [0.2, 0.25) is 0 Å². The average molecular weight is 216 g/mol. The number of benzene rings is 1. The van der Waals surface area contributed by atoms with Crippen LogP contribution in [0, 0.1) is 0 Å². The topological polar surface area (TPSA) is 87.6 Å². The van der Waals surface area contributed by atoms with E-state index in [4.69, 9.17) is 20.3 Å². The van der Waals surface area contributed by atoms with Crippen LogP contribution in [0.3, 0.4) is 0 Å². The maximum Gasteiger partial charge on any atom is 0.335 e. The van der Waals surface area contributed by atoms with Crippen LogP contribution in [-0.2, 0) is 15.7 Å². The predicted molar refractivity (Wildman–Crippen MR) is 53.8 cm³/mol. The fraction of sp³-hybridized carbons (Fsp3) is 0.250. The molecule has 0 spiro atoms. The van der Waals surface area contributed by atoms with Crippen LogP contribution in [0.1, 0.15) is 5.56 Å². The van der Waals surface area contributed by atoms with E-state index in [1.807, 2.05) is 0 Å². The molecule has 0 aromatic heterocycles. The monoisotopic (exact) mass is 216 g/mol. The van der Waals surface area contributed by atoms with Crippen molar-refractivity contribution in [2.45, 2.75) is 6.61 Å². The molecular formula is C8H13N2O3P. The van der Waals surface area contributed by atoms with E-state index < -0.39 is 7.67 Å². The van der Waals surface area contributed by atoms with Gasteiger partial charge < -0.3 is 9.26 Å². The third kappa shape index (κ3) is 3.89. The summed E-state index contributed by atoms with van der Waals surface area (Å²) in [5, 5.41) is 0. The molecule has 0 aliphatic rings. The highest BCUT2D eigenvalue weighted by Gasteiger charge is 2.08. The van der Waals surface area contributed by atoms with Crippen LogP contribution in [0.25, 0.3) is 0 Å². The minimum atomic E-state index is -3.38. The van der Waals surface area contributed by atoms with E-state index in [-0.39, 0.29) is 6.61 Å². The normalized spacial score (nSPS) is 11.4. The first-order chi connectivity index (χ1) is 6.51. The number of hydrogen-bond acceptors (Lipinski definition) is 3. The fourth-order valence-corrected chi connectivity index (χ4v) is 1.25. The van der Waals surface area contributed by atoms with Crippen LogP contribution in [0.4, 0.5) is 0 Å². The van der Waals surface area contributed by atoms with Crippen molar-refractivity contribution in [2.75, 3.05) is 7.11 Å². The highest BCUT2D eigenvalue weighted by molar-refractivity contribution is 7.53. The Labute approximate surface area is 82.6 Å². The van der Waals surface area contributed by atoms with Crippen molar-refractivity contribution in [3.63, 3.8) is 0 Å². The molecule has 0 saturated carbocycles. The lowest BCUT2D eigenvalue weighted by atomic mass is 10.2. The molecule has 0 aliphatic carbocycles. The van der Waals surface area contributed by atoms with Crippen molar-refractivity contribution in [3.05, 3.63) is 29.8 Å². The Morgan fingerprint density at radius 3 is 2.29 bits per heavy atom. The summed E-state index contributed by atoms with van der Waals surface area (Å²) in [5.74, 6) is 0.748. The second kappa shape index (κ2) is 4.57. The van der Waals surface area contributed by atoms with Crippen molar-refractivity contribution < 1.29 is 13.8 Å². The highest BCUT2D eigenvalue weighted by Crippen LogP contribution is 2.28. The number of hydrogen-bond donors (Lipinski definition) is 2. The van der Waals surface area contributed by atoms with Gasteiger partial charge in [0.15, 0.2) is 0 Å². The van der Waals surface area contributed by atoms with E-state index in [0.29, 0.717) is 0 Å². The Bertz CT molecular complexity index is 333. The molecule has 1 aromatic rings. The minimum absolute atomic E-state index is 0.133. The van der Waals surface area contributed by atoms with Gasteiger partial charge in [-0.1, -0.05) is 12.1 Å². The number of ether oxygens (including phenoxy) is 1. The number of methoxy groups -OCH3 is 1. The molecule has 1 rings (SSSR count). The van der Waals surface area contributed by atoms with Gasteiger partial charge in [0.05, 0.1) is 13.7 Å². The lowest BCUT2D eigenvalue weighted by molar-refractivity contribution is 0.303. The zero-order chi connectivity index (χ0) is 10.6.